The van der Waals surface area contributed by atoms with Gasteiger partial charge in [-0.3, -0.25) is 0 Å². The molecule has 128 valence electrons. The summed E-state index contributed by atoms with van der Waals surface area (Å²) in [5.74, 6) is 0.397. The molecule has 0 saturated heterocycles. The first-order valence-corrected chi connectivity index (χ1v) is 7.75. The monoisotopic (exact) mass is 324 g/mol. The van der Waals surface area contributed by atoms with E-state index in [-0.39, 0.29) is 5.92 Å². The maximum absolute atomic E-state index is 12.0. The van der Waals surface area contributed by atoms with E-state index < -0.39 is 23.7 Å². The van der Waals surface area contributed by atoms with Gasteiger partial charge in [-0.05, 0) is 40.0 Å². The van der Waals surface area contributed by atoms with Crippen LogP contribution in [0.1, 0.15) is 51.8 Å². The number of aromatic nitrogens is 3. The third-order valence-corrected chi connectivity index (χ3v) is 3.66. The van der Waals surface area contributed by atoms with Gasteiger partial charge in [-0.15, -0.1) is 10.2 Å². The van der Waals surface area contributed by atoms with Crippen molar-refractivity contribution < 1.29 is 19.1 Å². The van der Waals surface area contributed by atoms with Gasteiger partial charge >= 0.3 is 12.1 Å². The van der Waals surface area contributed by atoms with Crippen molar-refractivity contribution in [2.24, 2.45) is 0 Å². The van der Waals surface area contributed by atoms with E-state index in [1.165, 1.54) is 7.11 Å². The first-order chi connectivity index (χ1) is 10.8. The fourth-order valence-corrected chi connectivity index (χ4v) is 2.70. The fraction of sp³-hybridized carbons (Fsp3) is 0.733. The number of aryl methyl sites for hydroxylation is 1. The van der Waals surface area contributed by atoms with Crippen molar-refractivity contribution in [1.82, 2.24) is 20.1 Å². The SMILES string of the molecule is COC(=O)C(CC1CCCn2cnnc21)NC(=O)OC(C)(C)C. The summed E-state index contributed by atoms with van der Waals surface area (Å²) in [6.07, 6.45) is 3.34. The van der Waals surface area contributed by atoms with Gasteiger partial charge < -0.3 is 19.4 Å². The predicted octanol–water partition coefficient (Wildman–Crippen LogP) is 1.61. The minimum atomic E-state index is -0.775. The Bertz CT molecular complexity index is 564. The number of rotatable bonds is 4. The molecule has 0 radical (unpaired) electrons. The molecule has 8 nitrogen and oxygen atoms in total. The molecule has 2 rings (SSSR count). The van der Waals surface area contributed by atoms with Gasteiger partial charge in [0.05, 0.1) is 7.11 Å². The van der Waals surface area contributed by atoms with Crippen LogP contribution < -0.4 is 5.32 Å². The maximum atomic E-state index is 12.0. The largest absolute Gasteiger partial charge is 0.467 e. The second-order valence-corrected chi connectivity index (χ2v) is 6.68. The first kappa shape index (κ1) is 17.2. The van der Waals surface area contributed by atoms with Crippen LogP contribution in [0.15, 0.2) is 6.33 Å². The van der Waals surface area contributed by atoms with Crippen LogP contribution in [0.25, 0.3) is 0 Å². The van der Waals surface area contributed by atoms with Crippen LogP contribution in [0.4, 0.5) is 4.79 Å². The van der Waals surface area contributed by atoms with E-state index in [2.05, 4.69) is 15.5 Å². The summed E-state index contributed by atoms with van der Waals surface area (Å²) in [6.45, 7) is 6.18. The molecule has 0 bridgehead atoms. The highest BCUT2D eigenvalue weighted by atomic mass is 16.6. The third-order valence-electron chi connectivity index (χ3n) is 3.66. The Labute approximate surface area is 135 Å². The molecule has 1 aliphatic heterocycles. The molecule has 2 atom stereocenters. The Morgan fingerprint density at radius 2 is 2.22 bits per heavy atom. The minimum absolute atomic E-state index is 0.0466. The Morgan fingerprint density at radius 3 is 2.87 bits per heavy atom. The van der Waals surface area contributed by atoms with Crippen LogP contribution in [0.2, 0.25) is 0 Å². The number of carbonyl (C=O) groups is 2. The van der Waals surface area contributed by atoms with Gasteiger partial charge in [0, 0.05) is 12.5 Å². The van der Waals surface area contributed by atoms with Gasteiger partial charge in [0.25, 0.3) is 0 Å². The number of esters is 1. The zero-order valence-electron chi connectivity index (χ0n) is 14.0. The average molecular weight is 324 g/mol. The number of hydrogen-bond acceptors (Lipinski definition) is 6. The molecule has 0 spiro atoms. The highest BCUT2D eigenvalue weighted by Crippen LogP contribution is 2.29. The fourth-order valence-electron chi connectivity index (χ4n) is 2.70. The quantitative estimate of drug-likeness (QED) is 0.846. The van der Waals surface area contributed by atoms with Crippen molar-refractivity contribution in [3.8, 4) is 0 Å². The summed E-state index contributed by atoms with van der Waals surface area (Å²) in [6, 6.07) is -0.775. The average Bonchev–Trinajstić information content (AvgIpc) is 2.93. The number of hydrogen-bond donors (Lipinski definition) is 1. The molecule has 1 aliphatic rings. The van der Waals surface area contributed by atoms with E-state index in [9.17, 15) is 9.59 Å². The Hall–Kier alpha value is -2.12. The van der Waals surface area contributed by atoms with Gasteiger partial charge in [0.1, 0.15) is 23.8 Å². The molecule has 1 amide bonds. The van der Waals surface area contributed by atoms with Crippen LogP contribution in [0.5, 0.6) is 0 Å². The van der Waals surface area contributed by atoms with Gasteiger partial charge in [-0.1, -0.05) is 0 Å². The number of fused-ring (bicyclic) bond motifs is 1. The molecule has 1 aromatic rings. The molecule has 1 aromatic heterocycles. The molecule has 23 heavy (non-hydrogen) atoms. The minimum Gasteiger partial charge on any atom is -0.467 e. The first-order valence-electron chi connectivity index (χ1n) is 7.75. The smallest absolute Gasteiger partial charge is 0.408 e. The molecule has 0 saturated carbocycles. The molecule has 1 N–H and O–H groups in total. The predicted molar refractivity (Wildman–Crippen MR) is 81.8 cm³/mol. The van der Waals surface area contributed by atoms with Gasteiger partial charge in [0.2, 0.25) is 0 Å². The molecule has 0 aliphatic carbocycles. The molecule has 0 aromatic carbocycles. The van der Waals surface area contributed by atoms with Crippen LogP contribution >= 0.6 is 0 Å². The third kappa shape index (κ3) is 4.67. The Balaban J connectivity index is 2.06. The normalized spacial score (nSPS) is 18.7. The number of ether oxygens (including phenoxy) is 2. The van der Waals surface area contributed by atoms with Crippen molar-refractivity contribution in [3.63, 3.8) is 0 Å². The van der Waals surface area contributed by atoms with E-state index in [4.69, 9.17) is 9.47 Å². The summed E-state index contributed by atoms with van der Waals surface area (Å²) in [7, 11) is 1.30. The maximum Gasteiger partial charge on any atom is 0.408 e. The van der Waals surface area contributed by atoms with E-state index in [1.807, 2.05) is 4.57 Å². The molecular weight excluding hydrogens is 300 g/mol. The number of nitrogens with one attached hydrogen (secondary N) is 1. The van der Waals surface area contributed by atoms with Crippen LogP contribution in [-0.2, 0) is 20.8 Å². The van der Waals surface area contributed by atoms with Crippen molar-refractivity contribution >= 4 is 12.1 Å². The molecular formula is C15H24N4O4. The van der Waals surface area contributed by atoms with E-state index in [1.54, 1.807) is 27.1 Å². The van der Waals surface area contributed by atoms with Crippen molar-refractivity contribution in [2.75, 3.05) is 7.11 Å². The number of nitrogens with zero attached hydrogens (tertiary/aromatic N) is 3. The lowest BCUT2D eigenvalue weighted by Crippen LogP contribution is -2.45. The summed E-state index contributed by atoms with van der Waals surface area (Å²) < 4.78 is 12.0. The molecule has 2 heterocycles. The Morgan fingerprint density at radius 1 is 1.48 bits per heavy atom. The van der Waals surface area contributed by atoms with Gasteiger partial charge in [-0.25, -0.2) is 9.59 Å². The second-order valence-electron chi connectivity index (χ2n) is 6.68. The topological polar surface area (TPSA) is 95.3 Å². The number of amides is 1. The van der Waals surface area contributed by atoms with Crippen molar-refractivity contribution in [1.29, 1.82) is 0 Å². The zero-order chi connectivity index (χ0) is 17.0. The lowest BCUT2D eigenvalue weighted by Gasteiger charge is -2.27. The summed E-state index contributed by atoms with van der Waals surface area (Å²) in [4.78, 5) is 24.0. The van der Waals surface area contributed by atoms with E-state index in [0.717, 1.165) is 25.2 Å². The highest BCUT2D eigenvalue weighted by molar-refractivity contribution is 5.81. The van der Waals surface area contributed by atoms with Gasteiger partial charge in [0.15, 0.2) is 0 Å². The van der Waals surface area contributed by atoms with Crippen LogP contribution in [0, 0.1) is 0 Å². The van der Waals surface area contributed by atoms with E-state index >= 15 is 0 Å². The standard InChI is InChI=1S/C15H24N4O4/c1-15(2,3)23-14(21)17-11(13(20)22-4)8-10-6-5-7-19-9-16-18-12(10)19/h9-11H,5-8H2,1-4H3,(H,17,21). The van der Waals surface area contributed by atoms with E-state index in [0.29, 0.717) is 6.42 Å². The van der Waals surface area contributed by atoms with Crippen molar-refractivity contribution in [2.45, 2.75) is 64.1 Å². The second kappa shape index (κ2) is 6.97. The summed E-state index contributed by atoms with van der Waals surface area (Å²) >= 11 is 0. The lowest BCUT2D eigenvalue weighted by molar-refractivity contribution is -0.143. The highest BCUT2D eigenvalue weighted by Gasteiger charge is 2.31. The number of alkyl carbamates (subject to hydrolysis) is 1. The molecule has 8 heteroatoms. The Kier molecular flexibility index (Phi) is 5.23. The lowest BCUT2D eigenvalue weighted by atomic mass is 9.92. The molecule has 2 unspecified atom stereocenters. The van der Waals surface area contributed by atoms with Crippen molar-refractivity contribution in [3.05, 3.63) is 12.2 Å². The number of methoxy groups -OCH3 is 1. The van der Waals surface area contributed by atoms with Gasteiger partial charge in [-0.2, -0.15) is 0 Å². The molecule has 0 fully saturated rings. The summed E-state index contributed by atoms with van der Waals surface area (Å²) in [5.41, 5.74) is -0.629. The number of carbonyl (C=O) groups excluding carboxylic acids is 2. The van der Waals surface area contributed by atoms with Crippen LogP contribution in [0.3, 0.4) is 0 Å². The van der Waals surface area contributed by atoms with Crippen LogP contribution in [-0.4, -0.2) is 45.6 Å². The zero-order valence-corrected chi connectivity index (χ0v) is 14.0. The summed E-state index contributed by atoms with van der Waals surface area (Å²) in [5, 5.41) is 10.7.